The highest BCUT2D eigenvalue weighted by atomic mass is 16.2. The lowest BCUT2D eigenvalue weighted by Gasteiger charge is -2.25. The van der Waals surface area contributed by atoms with Crippen LogP contribution in [0.1, 0.15) is 57.4 Å². The van der Waals surface area contributed by atoms with E-state index in [1.165, 1.54) is 18.4 Å². The van der Waals surface area contributed by atoms with Gasteiger partial charge in [-0.05, 0) is 30.4 Å². The molecule has 0 spiro atoms. The number of anilines is 1. The van der Waals surface area contributed by atoms with E-state index in [1.54, 1.807) is 0 Å². The molecule has 1 atom stereocenters. The maximum absolute atomic E-state index is 12.8. The van der Waals surface area contributed by atoms with Gasteiger partial charge in [-0.2, -0.15) is 0 Å². The molecule has 2 saturated heterocycles. The predicted octanol–water partition coefficient (Wildman–Crippen LogP) is 3.57. The lowest BCUT2D eigenvalue weighted by Crippen LogP contribution is -2.38. The molecule has 0 aliphatic carbocycles. The van der Waals surface area contributed by atoms with Gasteiger partial charge in [0.25, 0.3) is 0 Å². The van der Waals surface area contributed by atoms with Crippen molar-refractivity contribution in [2.24, 2.45) is 5.92 Å². The maximum Gasteiger partial charge on any atom is 0.228 e. The van der Waals surface area contributed by atoms with Crippen LogP contribution in [0.25, 0.3) is 0 Å². The monoisotopic (exact) mass is 328 g/mol. The van der Waals surface area contributed by atoms with E-state index in [9.17, 15) is 9.59 Å². The van der Waals surface area contributed by atoms with Gasteiger partial charge in [0.05, 0.1) is 5.92 Å². The largest absolute Gasteiger partial charge is 0.342 e. The lowest BCUT2D eigenvalue weighted by atomic mass is 10.0. The van der Waals surface area contributed by atoms with Crippen LogP contribution in [0.3, 0.4) is 0 Å². The molecule has 0 N–H and O–H groups in total. The summed E-state index contributed by atoms with van der Waals surface area (Å²) >= 11 is 0. The van der Waals surface area contributed by atoms with Crippen molar-refractivity contribution in [3.05, 3.63) is 29.8 Å². The number of likely N-dealkylation sites (tertiary alicyclic amines) is 1. The molecule has 3 rings (SSSR count). The van der Waals surface area contributed by atoms with Crippen molar-refractivity contribution in [1.82, 2.24) is 4.90 Å². The number of nitrogens with zero attached hydrogens (tertiary/aromatic N) is 2. The number of hydrogen-bond donors (Lipinski definition) is 0. The fourth-order valence-corrected chi connectivity index (χ4v) is 3.88. The van der Waals surface area contributed by atoms with Gasteiger partial charge in [0.15, 0.2) is 0 Å². The molecule has 2 aliphatic rings. The third-order valence-electron chi connectivity index (χ3n) is 5.24. The summed E-state index contributed by atoms with van der Waals surface area (Å²) in [5.74, 6) is 0.427. The molecule has 0 radical (unpaired) electrons. The van der Waals surface area contributed by atoms with E-state index in [1.807, 2.05) is 28.0 Å². The van der Waals surface area contributed by atoms with Gasteiger partial charge >= 0.3 is 0 Å². The lowest BCUT2D eigenvalue weighted by molar-refractivity contribution is -0.135. The second-order valence-electron chi connectivity index (χ2n) is 7.36. The summed E-state index contributed by atoms with van der Waals surface area (Å²) < 4.78 is 0. The molecular weight excluding hydrogens is 300 g/mol. The number of amides is 2. The van der Waals surface area contributed by atoms with Gasteiger partial charge in [-0.3, -0.25) is 9.59 Å². The first-order chi connectivity index (χ1) is 11.6. The molecule has 1 unspecified atom stereocenters. The smallest absolute Gasteiger partial charge is 0.228 e. The van der Waals surface area contributed by atoms with Gasteiger partial charge in [-0.25, -0.2) is 0 Å². The summed E-state index contributed by atoms with van der Waals surface area (Å²) in [6, 6.07) is 8.07. The number of carbonyl (C=O) groups excluding carboxylic acids is 2. The molecule has 130 valence electrons. The number of hydrogen-bond acceptors (Lipinski definition) is 2. The van der Waals surface area contributed by atoms with Gasteiger partial charge in [0.2, 0.25) is 11.8 Å². The van der Waals surface area contributed by atoms with Crippen LogP contribution >= 0.6 is 0 Å². The van der Waals surface area contributed by atoms with Crippen molar-refractivity contribution >= 4 is 17.5 Å². The Balaban J connectivity index is 1.75. The molecule has 24 heavy (non-hydrogen) atoms. The molecule has 1 aromatic rings. The fraction of sp³-hybridized carbons (Fsp3) is 0.600. The number of rotatable bonds is 3. The molecule has 4 nitrogen and oxygen atoms in total. The number of carbonyl (C=O) groups is 2. The van der Waals surface area contributed by atoms with Crippen LogP contribution in [-0.4, -0.2) is 36.3 Å². The average molecular weight is 328 g/mol. The summed E-state index contributed by atoms with van der Waals surface area (Å²) in [4.78, 5) is 29.2. The fourth-order valence-electron chi connectivity index (χ4n) is 3.88. The van der Waals surface area contributed by atoms with Gasteiger partial charge in [-0.1, -0.05) is 44.9 Å². The quantitative estimate of drug-likeness (QED) is 0.851. The first-order valence-electron chi connectivity index (χ1n) is 9.26. The van der Waals surface area contributed by atoms with Crippen molar-refractivity contribution in [2.45, 2.75) is 51.9 Å². The Labute approximate surface area is 144 Å². The molecule has 0 saturated carbocycles. The SMILES string of the molecule is CC(C)c1ccccc1N1CC(C(=O)N2CCCCCC2)CC1=O. The first kappa shape index (κ1) is 17.0. The second-order valence-corrected chi connectivity index (χ2v) is 7.36. The Morgan fingerprint density at radius 1 is 1.08 bits per heavy atom. The summed E-state index contributed by atoms with van der Waals surface area (Å²) in [5, 5.41) is 0. The highest BCUT2D eigenvalue weighted by Gasteiger charge is 2.38. The Bertz CT molecular complexity index is 603. The Kier molecular flexibility index (Phi) is 5.22. The molecule has 1 aromatic carbocycles. The standard InChI is InChI=1S/C20H28N2O2/c1-15(2)17-9-5-6-10-18(17)22-14-16(13-19(22)23)20(24)21-11-7-3-4-8-12-21/h5-6,9-10,15-16H,3-4,7-8,11-14H2,1-2H3. The van der Waals surface area contributed by atoms with Crippen molar-refractivity contribution in [1.29, 1.82) is 0 Å². The van der Waals surface area contributed by atoms with E-state index in [0.717, 1.165) is 31.6 Å². The van der Waals surface area contributed by atoms with Crippen LogP contribution in [0.5, 0.6) is 0 Å². The normalized spacial score (nSPS) is 22.1. The minimum absolute atomic E-state index is 0.0799. The van der Waals surface area contributed by atoms with Gasteiger partial charge in [0.1, 0.15) is 0 Å². The van der Waals surface area contributed by atoms with E-state index in [0.29, 0.717) is 18.9 Å². The maximum atomic E-state index is 12.8. The zero-order chi connectivity index (χ0) is 17.1. The molecule has 2 heterocycles. The van der Waals surface area contributed by atoms with Crippen molar-refractivity contribution in [2.75, 3.05) is 24.5 Å². The van der Waals surface area contributed by atoms with E-state index in [2.05, 4.69) is 19.9 Å². The average Bonchev–Trinajstić information content (AvgIpc) is 2.79. The van der Waals surface area contributed by atoms with Crippen LogP contribution in [0.4, 0.5) is 5.69 Å². The van der Waals surface area contributed by atoms with Crippen molar-refractivity contribution in [3.63, 3.8) is 0 Å². The number of benzene rings is 1. The first-order valence-corrected chi connectivity index (χ1v) is 9.26. The van der Waals surface area contributed by atoms with Crippen LogP contribution in [-0.2, 0) is 9.59 Å². The summed E-state index contributed by atoms with van der Waals surface area (Å²) in [6.45, 7) is 6.51. The summed E-state index contributed by atoms with van der Waals surface area (Å²) in [5.41, 5.74) is 2.15. The summed E-state index contributed by atoms with van der Waals surface area (Å²) in [6.07, 6.45) is 4.95. The topological polar surface area (TPSA) is 40.6 Å². The van der Waals surface area contributed by atoms with E-state index < -0.39 is 0 Å². The minimum Gasteiger partial charge on any atom is -0.342 e. The minimum atomic E-state index is -0.184. The summed E-state index contributed by atoms with van der Waals surface area (Å²) in [7, 11) is 0. The Hall–Kier alpha value is -1.84. The zero-order valence-corrected chi connectivity index (χ0v) is 14.8. The Morgan fingerprint density at radius 3 is 2.42 bits per heavy atom. The molecule has 2 aliphatic heterocycles. The molecule has 0 bridgehead atoms. The van der Waals surface area contributed by atoms with Crippen LogP contribution in [0.2, 0.25) is 0 Å². The van der Waals surface area contributed by atoms with E-state index >= 15 is 0 Å². The molecule has 4 heteroatoms. The van der Waals surface area contributed by atoms with Crippen molar-refractivity contribution < 1.29 is 9.59 Å². The van der Waals surface area contributed by atoms with Crippen LogP contribution in [0.15, 0.2) is 24.3 Å². The van der Waals surface area contributed by atoms with Crippen LogP contribution < -0.4 is 4.90 Å². The number of para-hydroxylation sites is 1. The van der Waals surface area contributed by atoms with Gasteiger partial charge in [-0.15, -0.1) is 0 Å². The highest BCUT2D eigenvalue weighted by molar-refractivity contribution is 6.00. The van der Waals surface area contributed by atoms with Crippen LogP contribution in [0, 0.1) is 5.92 Å². The van der Waals surface area contributed by atoms with Gasteiger partial charge in [0, 0.05) is 31.7 Å². The molecule has 2 fully saturated rings. The third-order valence-corrected chi connectivity index (χ3v) is 5.24. The third kappa shape index (κ3) is 3.47. The highest BCUT2D eigenvalue weighted by Crippen LogP contribution is 2.32. The second kappa shape index (κ2) is 7.37. The van der Waals surface area contributed by atoms with E-state index in [4.69, 9.17) is 0 Å². The molecule has 2 amide bonds. The Morgan fingerprint density at radius 2 is 1.75 bits per heavy atom. The van der Waals surface area contributed by atoms with Crippen molar-refractivity contribution in [3.8, 4) is 0 Å². The molecule has 0 aromatic heterocycles. The molecular formula is C20H28N2O2. The predicted molar refractivity (Wildman–Crippen MR) is 96.0 cm³/mol. The van der Waals surface area contributed by atoms with E-state index in [-0.39, 0.29) is 17.7 Å². The zero-order valence-electron chi connectivity index (χ0n) is 14.8. The van der Waals surface area contributed by atoms with Gasteiger partial charge < -0.3 is 9.80 Å².